The SMILES string of the molecule is CC1(C(=O)CC2CCCc3ccccc32)CCCC1N. The summed E-state index contributed by atoms with van der Waals surface area (Å²) in [4.78, 5) is 12.8. The molecule has 108 valence electrons. The summed E-state index contributed by atoms with van der Waals surface area (Å²) in [6.07, 6.45) is 7.28. The summed E-state index contributed by atoms with van der Waals surface area (Å²) in [6, 6.07) is 8.70. The lowest BCUT2D eigenvalue weighted by Crippen LogP contribution is -2.41. The molecule has 2 aliphatic rings. The number of fused-ring (bicyclic) bond motifs is 1. The number of nitrogens with two attached hydrogens (primary N) is 1. The van der Waals surface area contributed by atoms with Gasteiger partial charge in [-0.2, -0.15) is 0 Å². The number of Topliss-reactive ketones (excluding diaryl/α,β-unsaturated/α-hetero) is 1. The number of benzene rings is 1. The number of hydrogen-bond donors (Lipinski definition) is 1. The highest BCUT2D eigenvalue weighted by molar-refractivity contribution is 5.86. The lowest BCUT2D eigenvalue weighted by atomic mass is 9.73. The summed E-state index contributed by atoms with van der Waals surface area (Å²) in [5, 5.41) is 0. The third-order valence-electron chi connectivity index (χ3n) is 5.59. The summed E-state index contributed by atoms with van der Waals surface area (Å²) in [7, 11) is 0. The first-order chi connectivity index (χ1) is 9.61. The average Bonchev–Trinajstić information content (AvgIpc) is 2.80. The quantitative estimate of drug-likeness (QED) is 0.913. The molecule has 1 aromatic rings. The van der Waals surface area contributed by atoms with Gasteiger partial charge in [-0.25, -0.2) is 0 Å². The van der Waals surface area contributed by atoms with E-state index in [1.54, 1.807) is 0 Å². The maximum atomic E-state index is 12.8. The Bertz CT molecular complexity index is 510. The molecule has 20 heavy (non-hydrogen) atoms. The van der Waals surface area contributed by atoms with Gasteiger partial charge in [0.05, 0.1) is 0 Å². The lowest BCUT2D eigenvalue weighted by molar-refractivity contribution is -0.128. The number of carbonyl (C=O) groups is 1. The van der Waals surface area contributed by atoms with Crippen LogP contribution in [0.1, 0.15) is 62.5 Å². The first-order valence-electron chi connectivity index (χ1n) is 7.98. The van der Waals surface area contributed by atoms with Crippen molar-refractivity contribution in [3.8, 4) is 0 Å². The van der Waals surface area contributed by atoms with Crippen LogP contribution in [-0.2, 0) is 11.2 Å². The second kappa shape index (κ2) is 5.33. The molecule has 3 unspecified atom stereocenters. The Hall–Kier alpha value is -1.15. The molecular formula is C18H25NO. The van der Waals surface area contributed by atoms with Gasteiger partial charge in [0.2, 0.25) is 0 Å². The van der Waals surface area contributed by atoms with E-state index in [1.165, 1.54) is 17.5 Å². The maximum Gasteiger partial charge on any atom is 0.140 e. The Morgan fingerprint density at radius 2 is 2.10 bits per heavy atom. The monoisotopic (exact) mass is 271 g/mol. The van der Waals surface area contributed by atoms with Gasteiger partial charge in [0, 0.05) is 17.9 Å². The predicted molar refractivity (Wildman–Crippen MR) is 81.7 cm³/mol. The maximum absolute atomic E-state index is 12.8. The molecule has 3 atom stereocenters. The van der Waals surface area contributed by atoms with Crippen molar-refractivity contribution in [1.82, 2.24) is 0 Å². The van der Waals surface area contributed by atoms with Crippen LogP contribution in [0, 0.1) is 5.41 Å². The highest BCUT2D eigenvalue weighted by Gasteiger charge is 2.43. The second-order valence-electron chi connectivity index (χ2n) is 6.83. The van der Waals surface area contributed by atoms with E-state index >= 15 is 0 Å². The first kappa shape index (κ1) is 13.8. The molecule has 2 N–H and O–H groups in total. The molecular weight excluding hydrogens is 246 g/mol. The zero-order chi connectivity index (χ0) is 14.2. The van der Waals surface area contributed by atoms with Crippen LogP contribution in [0.25, 0.3) is 0 Å². The van der Waals surface area contributed by atoms with Gasteiger partial charge in [-0.1, -0.05) is 37.6 Å². The predicted octanol–water partition coefficient (Wildman–Crippen LogP) is 3.58. The number of rotatable bonds is 3. The van der Waals surface area contributed by atoms with Gasteiger partial charge in [-0.15, -0.1) is 0 Å². The molecule has 2 heteroatoms. The molecule has 0 amide bonds. The highest BCUT2D eigenvalue weighted by atomic mass is 16.1. The third kappa shape index (κ3) is 2.31. The van der Waals surface area contributed by atoms with E-state index in [-0.39, 0.29) is 11.5 Å². The van der Waals surface area contributed by atoms with Gasteiger partial charge in [0.15, 0.2) is 0 Å². The van der Waals surface area contributed by atoms with E-state index < -0.39 is 0 Å². The highest BCUT2D eigenvalue weighted by Crippen LogP contribution is 2.42. The van der Waals surface area contributed by atoms with E-state index in [9.17, 15) is 4.79 Å². The summed E-state index contributed by atoms with van der Waals surface area (Å²) in [5.41, 5.74) is 8.77. The molecule has 3 rings (SSSR count). The van der Waals surface area contributed by atoms with Crippen molar-refractivity contribution in [2.75, 3.05) is 0 Å². The number of aryl methyl sites for hydroxylation is 1. The van der Waals surface area contributed by atoms with E-state index in [4.69, 9.17) is 5.73 Å². The molecule has 1 saturated carbocycles. The van der Waals surface area contributed by atoms with Crippen LogP contribution in [-0.4, -0.2) is 11.8 Å². The molecule has 0 aliphatic heterocycles. The van der Waals surface area contributed by atoms with Crippen LogP contribution in [0.5, 0.6) is 0 Å². The van der Waals surface area contributed by atoms with E-state index in [0.717, 1.165) is 32.1 Å². The first-order valence-corrected chi connectivity index (χ1v) is 7.98. The number of hydrogen-bond acceptors (Lipinski definition) is 2. The van der Waals surface area contributed by atoms with Gasteiger partial charge < -0.3 is 5.73 Å². The normalized spacial score (nSPS) is 32.9. The van der Waals surface area contributed by atoms with Crippen molar-refractivity contribution in [3.05, 3.63) is 35.4 Å². The fourth-order valence-corrected chi connectivity index (χ4v) is 4.06. The summed E-state index contributed by atoms with van der Waals surface area (Å²) < 4.78 is 0. The molecule has 2 nitrogen and oxygen atoms in total. The second-order valence-corrected chi connectivity index (χ2v) is 6.83. The van der Waals surface area contributed by atoms with Crippen molar-refractivity contribution in [2.45, 2.75) is 63.8 Å². The summed E-state index contributed by atoms with van der Waals surface area (Å²) in [5.74, 6) is 0.807. The van der Waals surface area contributed by atoms with Crippen LogP contribution < -0.4 is 5.73 Å². The Labute approximate surface area is 121 Å². The van der Waals surface area contributed by atoms with Gasteiger partial charge in [-0.05, 0) is 49.1 Å². The molecule has 0 saturated heterocycles. The Morgan fingerprint density at radius 3 is 2.85 bits per heavy atom. The number of carbonyl (C=O) groups excluding carboxylic acids is 1. The molecule has 2 aliphatic carbocycles. The zero-order valence-corrected chi connectivity index (χ0v) is 12.4. The van der Waals surface area contributed by atoms with Crippen molar-refractivity contribution >= 4 is 5.78 Å². The van der Waals surface area contributed by atoms with Gasteiger partial charge in [0.1, 0.15) is 5.78 Å². The zero-order valence-electron chi connectivity index (χ0n) is 12.4. The largest absolute Gasteiger partial charge is 0.327 e. The molecule has 0 spiro atoms. The summed E-state index contributed by atoms with van der Waals surface area (Å²) >= 11 is 0. The molecule has 0 heterocycles. The lowest BCUT2D eigenvalue weighted by Gasteiger charge is -2.31. The average molecular weight is 271 g/mol. The minimum absolute atomic E-state index is 0.0637. The minimum Gasteiger partial charge on any atom is -0.327 e. The topological polar surface area (TPSA) is 43.1 Å². The molecule has 1 fully saturated rings. The van der Waals surface area contributed by atoms with Gasteiger partial charge in [0.25, 0.3) is 0 Å². The van der Waals surface area contributed by atoms with Gasteiger partial charge >= 0.3 is 0 Å². The van der Waals surface area contributed by atoms with Crippen LogP contribution in [0.3, 0.4) is 0 Å². The van der Waals surface area contributed by atoms with Crippen molar-refractivity contribution in [2.24, 2.45) is 11.1 Å². The smallest absolute Gasteiger partial charge is 0.140 e. The molecule has 0 radical (unpaired) electrons. The van der Waals surface area contributed by atoms with E-state index in [1.807, 2.05) is 0 Å². The van der Waals surface area contributed by atoms with Crippen LogP contribution >= 0.6 is 0 Å². The fourth-order valence-electron chi connectivity index (χ4n) is 4.06. The van der Waals surface area contributed by atoms with Crippen molar-refractivity contribution in [3.63, 3.8) is 0 Å². The fraction of sp³-hybridized carbons (Fsp3) is 0.611. The molecule has 0 aromatic heterocycles. The summed E-state index contributed by atoms with van der Waals surface area (Å²) in [6.45, 7) is 2.09. The Morgan fingerprint density at radius 1 is 1.30 bits per heavy atom. The van der Waals surface area contributed by atoms with Crippen LogP contribution in [0.2, 0.25) is 0 Å². The Balaban J connectivity index is 1.77. The molecule has 0 bridgehead atoms. The van der Waals surface area contributed by atoms with E-state index in [2.05, 4.69) is 31.2 Å². The minimum atomic E-state index is -0.271. The standard InChI is InChI=1S/C18H25NO/c1-18(11-5-10-16(18)19)17(20)12-14-8-4-7-13-6-2-3-9-15(13)14/h2-3,6,9,14,16H,4-5,7-8,10-12,19H2,1H3. The van der Waals surface area contributed by atoms with Crippen LogP contribution in [0.4, 0.5) is 0 Å². The van der Waals surface area contributed by atoms with E-state index in [0.29, 0.717) is 18.1 Å². The van der Waals surface area contributed by atoms with Crippen molar-refractivity contribution in [1.29, 1.82) is 0 Å². The van der Waals surface area contributed by atoms with Gasteiger partial charge in [-0.3, -0.25) is 4.79 Å². The van der Waals surface area contributed by atoms with Crippen molar-refractivity contribution < 1.29 is 4.79 Å². The Kier molecular flexibility index (Phi) is 3.68. The van der Waals surface area contributed by atoms with Crippen LogP contribution in [0.15, 0.2) is 24.3 Å². The molecule has 1 aromatic carbocycles. The third-order valence-corrected chi connectivity index (χ3v) is 5.59. The number of ketones is 1.